The molecular weight excluding hydrogens is 525 g/mol. The van der Waals surface area contributed by atoms with Gasteiger partial charge in [-0.2, -0.15) is 23.5 Å². The van der Waals surface area contributed by atoms with Crippen LogP contribution in [0.3, 0.4) is 0 Å². The first-order chi connectivity index (χ1) is 19.7. The van der Waals surface area contributed by atoms with Gasteiger partial charge >= 0.3 is 6.18 Å². The molecule has 2 heterocycles. The standard InChI is InChI=1S/C33H31F3N4O/c1-3-32(4-2,26-16-14-24(15-17-26)23-12-10-22(20-37)11-13-23)19-29(41)27-21-38-40-30(33(34,35)36)18-28(39-31(27)40)25-8-6-5-7-9-25/h5-17,21,28,30,39H,3-4,18-19H2,1-2H3. The number of rotatable bonds is 8. The van der Waals surface area contributed by atoms with Gasteiger partial charge < -0.3 is 5.32 Å². The largest absolute Gasteiger partial charge is 0.410 e. The van der Waals surface area contributed by atoms with E-state index in [1.807, 2.05) is 56.3 Å². The van der Waals surface area contributed by atoms with E-state index in [-0.39, 0.29) is 30.0 Å². The van der Waals surface area contributed by atoms with E-state index in [0.717, 1.165) is 26.9 Å². The normalized spacial score (nSPS) is 16.9. The highest BCUT2D eigenvalue weighted by molar-refractivity contribution is 6.01. The molecule has 8 heteroatoms. The Hall–Kier alpha value is -4.38. The minimum Gasteiger partial charge on any atom is -0.363 e. The van der Waals surface area contributed by atoms with Crippen molar-refractivity contribution < 1.29 is 18.0 Å². The molecule has 3 aromatic carbocycles. The van der Waals surface area contributed by atoms with Crippen LogP contribution in [0.1, 0.15) is 78.7 Å². The molecule has 5 rings (SSSR count). The van der Waals surface area contributed by atoms with Crippen LogP contribution in [0.4, 0.5) is 19.0 Å². The summed E-state index contributed by atoms with van der Waals surface area (Å²) in [5.74, 6) is -0.122. The second-order valence-electron chi connectivity index (χ2n) is 10.6. The van der Waals surface area contributed by atoms with Crippen LogP contribution < -0.4 is 5.32 Å². The number of fused-ring (bicyclic) bond motifs is 1. The van der Waals surface area contributed by atoms with Crippen LogP contribution in [0, 0.1) is 11.3 Å². The Kier molecular flexibility index (Phi) is 7.72. The maximum atomic E-state index is 14.1. The van der Waals surface area contributed by atoms with Gasteiger partial charge in [-0.25, -0.2) is 4.68 Å². The fourth-order valence-corrected chi connectivity index (χ4v) is 5.84. The lowest BCUT2D eigenvalue weighted by molar-refractivity contribution is -0.173. The van der Waals surface area contributed by atoms with E-state index in [0.29, 0.717) is 18.4 Å². The number of ketones is 1. The number of carbonyl (C=O) groups excluding carboxylic acids is 1. The number of hydrogen-bond donors (Lipinski definition) is 1. The molecule has 1 N–H and O–H groups in total. The number of anilines is 1. The molecule has 2 atom stereocenters. The van der Waals surface area contributed by atoms with Crippen molar-refractivity contribution in [3.63, 3.8) is 0 Å². The smallest absolute Gasteiger partial charge is 0.363 e. The van der Waals surface area contributed by atoms with E-state index < -0.39 is 23.7 Å². The Labute approximate surface area is 237 Å². The van der Waals surface area contributed by atoms with Crippen molar-refractivity contribution in [2.75, 3.05) is 5.32 Å². The lowest BCUT2D eigenvalue weighted by Gasteiger charge is -2.35. The fourth-order valence-electron chi connectivity index (χ4n) is 5.84. The van der Waals surface area contributed by atoms with E-state index in [4.69, 9.17) is 5.26 Å². The average molecular weight is 557 g/mol. The van der Waals surface area contributed by atoms with Crippen molar-refractivity contribution in [2.24, 2.45) is 0 Å². The minimum absolute atomic E-state index is 0.120. The number of benzene rings is 3. The third-order valence-electron chi connectivity index (χ3n) is 8.44. The molecule has 5 nitrogen and oxygen atoms in total. The number of aromatic nitrogens is 2. The third-order valence-corrected chi connectivity index (χ3v) is 8.44. The lowest BCUT2D eigenvalue weighted by atomic mass is 9.71. The van der Waals surface area contributed by atoms with Crippen LogP contribution in [-0.2, 0) is 5.41 Å². The quantitative estimate of drug-likeness (QED) is 0.221. The van der Waals surface area contributed by atoms with Gasteiger partial charge in [0, 0.05) is 18.3 Å². The van der Waals surface area contributed by atoms with E-state index in [2.05, 4.69) is 16.5 Å². The number of nitriles is 1. The van der Waals surface area contributed by atoms with Crippen LogP contribution in [0.2, 0.25) is 0 Å². The molecule has 41 heavy (non-hydrogen) atoms. The van der Waals surface area contributed by atoms with Crippen molar-refractivity contribution in [2.45, 2.75) is 63.2 Å². The molecule has 1 aliphatic heterocycles. The van der Waals surface area contributed by atoms with Gasteiger partial charge in [-0.05, 0) is 47.2 Å². The number of nitrogens with one attached hydrogen (secondary N) is 1. The van der Waals surface area contributed by atoms with Crippen LogP contribution in [0.15, 0.2) is 85.1 Å². The van der Waals surface area contributed by atoms with E-state index in [1.165, 1.54) is 6.20 Å². The second kappa shape index (κ2) is 11.2. The molecule has 4 aromatic rings. The lowest BCUT2D eigenvalue weighted by Crippen LogP contribution is -2.36. The molecule has 0 saturated carbocycles. The van der Waals surface area contributed by atoms with E-state index in [9.17, 15) is 18.0 Å². The minimum atomic E-state index is -4.51. The fraction of sp³-hybridized carbons (Fsp3) is 0.303. The van der Waals surface area contributed by atoms with E-state index in [1.54, 1.807) is 36.4 Å². The molecule has 210 valence electrons. The van der Waals surface area contributed by atoms with Gasteiger partial charge in [-0.3, -0.25) is 4.79 Å². The van der Waals surface area contributed by atoms with Crippen LogP contribution >= 0.6 is 0 Å². The highest BCUT2D eigenvalue weighted by atomic mass is 19.4. The zero-order valence-corrected chi connectivity index (χ0v) is 22.9. The summed E-state index contributed by atoms with van der Waals surface area (Å²) in [5, 5.41) is 16.3. The molecule has 0 amide bonds. The summed E-state index contributed by atoms with van der Waals surface area (Å²) in [6.45, 7) is 4.06. The molecule has 1 aliphatic rings. The van der Waals surface area contributed by atoms with Crippen molar-refractivity contribution in [1.29, 1.82) is 5.26 Å². The Balaban J connectivity index is 1.44. The summed E-state index contributed by atoms with van der Waals surface area (Å²) < 4.78 is 43.3. The molecule has 2 unspecified atom stereocenters. The Bertz CT molecular complexity index is 1550. The first-order valence-corrected chi connectivity index (χ1v) is 13.8. The van der Waals surface area contributed by atoms with Gasteiger partial charge in [0.15, 0.2) is 11.8 Å². The van der Waals surface area contributed by atoms with Crippen molar-refractivity contribution >= 4 is 11.6 Å². The highest BCUT2D eigenvalue weighted by Gasteiger charge is 2.47. The Morgan fingerprint density at radius 2 is 1.59 bits per heavy atom. The summed E-state index contributed by atoms with van der Waals surface area (Å²) in [4.78, 5) is 13.8. The summed E-state index contributed by atoms with van der Waals surface area (Å²) >= 11 is 0. The molecule has 0 fully saturated rings. The molecule has 0 bridgehead atoms. The molecule has 0 aliphatic carbocycles. The van der Waals surface area contributed by atoms with Gasteiger partial charge in [-0.15, -0.1) is 0 Å². The monoisotopic (exact) mass is 556 g/mol. The number of Topliss-reactive ketones (excluding diaryl/α,β-unsaturated/α-hetero) is 1. The Morgan fingerprint density at radius 1 is 0.976 bits per heavy atom. The van der Waals surface area contributed by atoms with E-state index >= 15 is 0 Å². The summed E-state index contributed by atoms with van der Waals surface area (Å²) in [6.07, 6.45) is -1.94. The molecule has 0 saturated heterocycles. The zero-order valence-electron chi connectivity index (χ0n) is 22.9. The van der Waals surface area contributed by atoms with Crippen molar-refractivity contribution in [1.82, 2.24) is 9.78 Å². The highest BCUT2D eigenvalue weighted by Crippen LogP contribution is 2.45. The van der Waals surface area contributed by atoms with Gasteiger partial charge in [0.25, 0.3) is 0 Å². The molecule has 1 aromatic heterocycles. The SMILES string of the molecule is CCC(CC)(CC(=O)c1cnn2c1NC(c1ccccc1)CC2C(F)(F)F)c1ccc(-c2ccc(C#N)cc2)cc1. The maximum absolute atomic E-state index is 14.1. The zero-order chi connectivity index (χ0) is 29.2. The van der Waals surface area contributed by atoms with Gasteiger partial charge in [0.1, 0.15) is 5.82 Å². The van der Waals surface area contributed by atoms with Crippen molar-refractivity contribution in [3.05, 3.63) is 107 Å². The number of nitrogens with zero attached hydrogens (tertiary/aromatic N) is 3. The summed E-state index contributed by atoms with van der Waals surface area (Å²) in [7, 11) is 0. The number of halogens is 3. The second-order valence-corrected chi connectivity index (χ2v) is 10.6. The van der Waals surface area contributed by atoms with Gasteiger partial charge in [0.05, 0.1) is 29.4 Å². The van der Waals surface area contributed by atoms with Gasteiger partial charge in [0.2, 0.25) is 0 Å². The van der Waals surface area contributed by atoms with Gasteiger partial charge in [-0.1, -0.05) is 80.6 Å². The molecule has 0 spiro atoms. The average Bonchev–Trinajstić information content (AvgIpc) is 3.44. The maximum Gasteiger partial charge on any atom is 0.410 e. The topological polar surface area (TPSA) is 70.7 Å². The number of carbonyl (C=O) groups is 1. The first-order valence-electron chi connectivity index (χ1n) is 13.8. The number of hydrogen-bond acceptors (Lipinski definition) is 4. The van der Waals surface area contributed by atoms with Crippen molar-refractivity contribution in [3.8, 4) is 17.2 Å². The first kappa shape index (κ1) is 28.2. The predicted molar refractivity (Wildman–Crippen MR) is 153 cm³/mol. The molecule has 0 radical (unpaired) electrons. The number of alkyl halides is 3. The van der Waals surface area contributed by atoms with Crippen LogP contribution in [0.25, 0.3) is 11.1 Å². The summed E-state index contributed by atoms with van der Waals surface area (Å²) in [6, 6.07) is 24.1. The summed E-state index contributed by atoms with van der Waals surface area (Å²) in [5.41, 5.74) is 3.98. The predicted octanol–water partition coefficient (Wildman–Crippen LogP) is 8.41. The molecular formula is C33H31F3N4O. The van der Waals surface area contributed by atoms with Crippen LogP contribution in [0.5, 0.6) is 0 Å². The Morgan fingerprint density at radius 3 is 2.15 bits per heavy atom. The van der Waals surface area contributed by atoms with Crippen LogP contribution in [-0.4, -0.2) is 21.7 Å². The third kappa shape index (κ3) is 5.49.